The zero-order valence-corrected chi connectivity index (χ0v) is 15.5. The van der Waals surface area contributed by atoms with Crippen LogP contribution in [0.5, 0.6) is 0 Å². The lowest BCUT2D eigenvalue weighted by Crippen LogP contribution is -2.62. The van der Waals surface area contributed by atoms with Crippen molar-refractivity contribution in [1.82, 2.24) is 4.90 Å². The van der Waals surface area contributed by atoms with Crippen LogP contribution in [-0.4, -0.2) is 33.9 Å². The summed E-state index contributed by atoms with van der Waals surface area (Å²) in [6.07, 6.45) is 2.17. The average molecular weight is 334 g/mol. The Kier molecular flexibility index (Phi) is 4.50. The molecule has 0 radical (unpaired) electrons. The summed E-state index contributed by atoms with van der Waals surface area (Å²) in [6.45, 7) is 10.2. The Bertz CT molecular complexity index is 464. The molecule has 1 saturated heterocycles. The molecule has 6 heteroatoms. The predicted molar refractivity (Wildman–Crippen MR) is 87.8 cm³/mol. The minimum Gasteiger partial charge on any atom is -0.454 e. The van der Waals surface area contributed by atoms with E-state index in [2.05, 4.69) is 37.2 Å². The number of hydrogen-bond donors (Lipinski definition) is 0. The van der Waals surface area contributed by atoms with Gasteiger partial charge in [0.2, 0.25) is 0 Å². The Balaban J connectivity index is 2.11. The molecule has 1 fully saturated rings. The van der Waals surface area contributed by atoms with E-state index in [0.717, 1.165) is 18.9 Å². The molecule has 1 aliphatic rings. The van der Waals surface area contributed by atoms with Gasteiger partial charge in [0.15, 0.2) is 16.6 Å². The average Bonchev–Trinajstić information content (AvgIpc) is 2.18. The lowest BCUT2D eigenvalue weighted by Gasteiger charge is -2.45. The van der Waals surface area contributed by atoms with E-state index < -0.39 is 16.6 Å². The van der Waals surface area contributed by atoms with Crippen molar-refractivity contribution in [1.29, 1.82) is 0 Å². The third-order valence-electron chi connectivity index (χ3n) is 3.15. The molecule has 1 aromatic rings. The molecule has 0 amide bonds. The van der Waals surface area contributed by atoms with Crippen LogP contribution < -0.4 is 0 Å². The first-order chi connectivity index (χ1) is 8.67. The minimum absolute atomic E-state index is 0.622. The number of benzene rings is 1. The van der Waals surface area contributed by atoms with E-state index in [1.165, 1.54) is 5.56 Å². The molecule has 19 heavy (non-hydrogen) atoms. The smallest absolute Gasteiger partial charge is 0.187 e. The maximum Gasteiger partial charge on any atom is 0.187 e. The van der Waals surface area contributed by atoms with E-state index in [1.807, 2.05) is 12.1 Å². The predicted octanol–water partition coefficient (Wildman–Crippen LogP) is 4.31. The summed E-state index contributed by atoms with van der Waals surface area (Å²) in [4.78, 5) is 2.53. The van der Waals surface area contributed by atoms with Gasteiger partial charge in [-0.1, -0.05) is 29.3 Å². The zero-order chi connectivity index (χ0) is 14.3. The fourth-order valence-corrected chi connectivity index (χ4v) is 12.6. The first-order valence-electron chi connectivity index (χ1n) is 6.53. The minimum atomic E-state index is -1.54. The van der Waals surface area contributed by atoms with Gasteiger partial charge in [-0.25, -0.2) is 0 Å². The van der Waals surface area contributed by atoms with E-state index >= 15 is 0 Å². The molecule has 0 saturated carbocycles. The van der Waals surface area contributed by atoms with Crippen LogP contribution in [0.2, 0.25) is 36.2 Å². The zero-order valence-electron chi connectivity index (χ0n) is 12.0. The van der Waals surface area contributed by atoms with Crippen molar-refractivity contribution in [3.05, 3.63) is 33.8 Å². The Morgan fingerprint density at radius 3 is 2.16 bits per heavy atom. The third kappa shape index (κ3) is 4.31. The van der Waals surface area contributed by atoms with Gasteiger partial charge < -0.3 is 4.12 Å². The lowest BCUT2D eigenvalue weighted by atomic mass is 10.2. The van der Waals surface area contributed by atoms with E-state index in [-0.39, 0.29) is 0 Å². The first-order valence-corrected chi connectivity index (χ1v) is 13.5. The van der Waals surface area contributed by atoms with Crippen LogP contribution in [0.25, 0.3) is 0 Å². The van der Waals surface area contributed by atoms with E-state index in [4.69, 9.17) is 27.3 Å². The molecule has 0 aromatic heterocycles. The van der Waals surface area contributed by atoms with Gasteiger partial charge in [0.05, 0.1) is 10.0 Å². The SMILES string of the molecule is C[Si]1(C)CN(Cc2ccc(Cl)c(Cl)c2)C[Si](C)(C)O1. The van der Waals surface area contributed by atoms with Crippen molar-refractivity contribution in [3.63, 3.8) is 0 Å². The molecule has 0 aliphatic carbocycles. The van der Waals surface area contributed by atoms with Crippen LogP contribution >= 0.6 is 23.2 Å². The summed E-state index contributed by atoms with van der Waals surface area (Å²) in [6, 6.07) is 5.92. The van der Waals surface area contributed by atoms with Crippen LogP contribution in [0.1, 0.15) is 5.56 Å². The van der Waals surface area contributed by atoms with Crippen molar-refractivity contribution < 1.29 is 4.12 Å². The lowest BCUT2D eigenvalue weighted by molar-refractivity contribution is 0.291. The summed E-state index contributed by atoms with van der Waals surface area (Å²) < 4.78 is 6.36. The van der Waals surface area contributed by atoms with Crippen LogP contribution in [0.4, 0.5) is 0 Å². The van der Waals surface area contributed by atoms with Crippen molar-refractivity contribution >= 4 is 39.8 Å². The summed E-state index contributed by atoms with van der Waals surface area (Å²) in [5.74, 6) is 0. The number of halogens is 2. The summed E-state index contributed by atoms with van der Waals surface area (Å²) in [5, 5.41) is 1.26. The van der Waals surface area contributed by atoms with Crippen LogP contribution in [0, 0.1) is 0 Å². The molecule has 0 bridgehead atoms. The van der Waals surface area contributed by atoms with E-state index in [1.54, 1.807) is 0 Å². The Morgan fingerprint density at radius 1 is 1.05 bits per heavy atom. The van der Waals surface area contributed by atoms with Gasteiger partial charge >= 0.3 is 0 Å². The van der Waals surface area contributed by atoms with Gasteiger partial charge in [-0.3, -0.25) is 4.90 Å². The van der Waals surface area contributed by atoms with Crippen molar-refractivity contribution in [2.45, 2.75) is 32.7 Å². The number of hydrogen-bond acceptors (Lipinski definition) is 2. The van der Waals surface area contributed by atoms with Gasteiger partial charge in [0.25, 0.3) is 0 Å². The Hall–Kier alpha value is 0.154. The highest BCUT2D eigenvalue weighted by Crippen LogP contribution is 2.26. The second-order valence-corrected chi connectivity index (χ2v) is 15.8. The molecule has 106 valence electrons. The molecule has 1 aliphatic heterocycles. The summed E-state index contributed by atoms with van der Waals surface area (Å²) >= 11 is 12.0. The largest absolute Gasteiger partial charge is 0.454 e. The number of nitrogens with zero attached hydrogens (tertiary/aromatic N) is 1. The molecule has 2 nitrogen and oxygen atoms in total. The number of rotatable bonds is 2. The Morgan fingerprint density at radius 2 is 1.63 bits per heavy atom. The molecule has 0 atom stereocenters. The topological polar surface area (TPSA) is 12.5 Å². The molecular formula is C13H21Cl2NOSi2. The monoisotopic (exact) mass is 333 g/mol. The van der Waals surface area contributed by atoms with Gasteiger partial charge in [-0.15, -0.1) is 0 Å². The van der Waals surface area contributed by atoms with Crippen LogP contribution in [0.15, 0.2) is 18.2 Å². The Labute approximate surface area is 127 Å². The molecule has 1 aromatic carbocycles. The maximum atomic E-state index is 6.36. The van der Waals surface area contributed by atoms with Gasteiger partial charge in [-0.2, -0.15) is 0 Å². The second-order valence-electron chi connectivity index (χ2n) is 6.52. The molecule has 2 rings (SSSR count). The van der Waals surface area contributed by atoms with Crippen molar-refractivity contribution in [3.8, 4) is 0 Å². The highest BCUT2D eigenvalue weighted by molar-refractivity contribution is 6.86. The molecule has 1 heterocycles. The normalized spacial score (nSPS) is 22.4. The van der Waals surface area contributed by atoms with Gasteiger partial charge in [0.1, 0.15) is 0 Å². The van der Waals surface area contributed by atoms with Crippen LogP contribution in [0.3, 0.4) is 0 Å². The molecule has 0 N–H and O–H groups in total. The van der Waals surface area contributed by atoms with Gasteiger partial charge in [0, 0.05) is 18.9 Å². The van der Waals surface area contributed by atoms with Gasteiger partial charge in [-0.05, 0) is 43.9 Å². The standard InChI is InChI=1S/C13H21Cl2NOSi2/c1-18(2)9-16(10-19(3,4)17-18)8-11-5-6-12(14)13(15)7-11/h5-7H,8-10H2,1-4H3. The molecular weight excluding hydrogens is 313 g/mol. The highest BCUT2D eigenvalue weighted by Gasteiger charge is 2.41. The fraction of sp³-hybridized carbons (Fsp3) is 0.538. The van der Waals surface area contributed by atoms with Crippen LogP contribution in [-0.2, 0) is 10.7 Å². The summed E-state index contributed by atoms with van der Waals surface area (Å²) in [7, 11) is -3.08. The quantitative estimate of drug-likeness (QED) is 0.747. The second kappa shape index (κ2) is 5.50. The fourth-order valence-electron chi connectivity index (χ4n) is 2.95. The summed E-state index contributed by atoms with van der Waals surface area (Å²) in [5.41, 5.74) is 1.23. The highest BCUT2D eigenvalue weighted by atomic mass is 35.5. The molecule has 0 unspecified atom stereocenters. The van der Waals surface area contributed by atoms with E-state index in [0.29, 0.717) is 10.0 Å². The van der Waals surface area contributed by atoms with Crippen molar-refractivity contribution in [2.75, 3.05) is 12.3 Å². The molecule has 0 spiro atoms. The third-order valence-corrected chi connectivity index (χ3v) is 10.7. The van der Waals surface area contributed by atoms with Crippen molar-refractivity contribution in [2.24, 2.45) is 0 Å². The first kappa shape index (κ1) is 15.5. The maximum absolute atomic E-state index is 6.36. The van der Waals surface area contributed by atoms with E-state index in [9.17, 15) is 0 Å².